The standard InChI is InChI=1S/C19H20N2OS.H3NO/c22-14-4-2-6-19(23)17-9-7-16(8-10-17)15-20-13-11-18-5-1-3-12-21-18;1-2/h1-10,12,14,20,23H,11,13,15H2;2H,1H2/b4-2+,19-6-;. The Labute approximate surface area is 153 Å². The zero-order chi connectivity index (χ0) is 18.3. The molecule has 0 spiro atoms. The SMILES string of the molecule is NO.O=C/C=C/C=C(\S)c1ccc(CNCCc2ccccn2)cc1. The van der Waals surface area contributed by atoms with Gasteiger partial charge in [0.1, 0.15) is 6.29 Å². The van der Waals surface area contributed by atoms with E-state index in [1.807, 2.05) is 36.5 Å². The summed E-state index contributed by atoms with van der Waals surface area (Å²) in [6.45, 7) is 1.72. The summed E-state index contributed by atoms with van der Waals surface area (Å²) < 4.78 is 0. The van der Waals surface area contributed by atoms with Crippen LogP contribution in [0, 0.1) is 0 Å². The Morgan fingerprint density at radius 3 is 2.56 bits per heavy atom. The molecule has 4 N–H and O–H groups in total. The fraction of sp³-hybridized carbons (Fsp3) is 0.158. The highest BCUT2D eigenvalue weighted by Crippen LogP contribution is 2.18. The van der Waals surface area contributed by atoms with Crippen molar-refractivity contribution in [3.63, 3.8) is 0 Å². The van der Waals surface area contributed by atoms with Gasteiger partial charge in [-0.15, -0.1) is 12.6 Å². The van der Waals surface area contributed by atoms with Gasteiger partial charge in [-0.2, -0.15) is 0 Å². The van der Waals surface area contributed by atoms with Gasteiger partial charge in [-0.05, 0) is 35.4 Å². The maximum Gasteiger partial charge on any atom is 0.142 e. The zero-order valence-electron chi connectivity index (χ0n) is 13.9. The van der Waals surface area contributed by atoms with Crippen molar-refractivity contribution in [1.29, 1.82) is 0 Å². The van der Waals surface area contributed by atoms with Crippen LogP contribution in [0.4, 0.5) is 0 Å². The minimum atomic E-state index is 0.747. The van der Waals surface area contributed by atoms with Crippen LogP contribution in [0.3, 0.4) is 0 Å². The first-order valence-corrected chi connectivity index (χ1v) is 8.21. The van der Waals surface area contributed by atoms with Gasteiger partial charge >= 0.3 is 0 Å². The molecule has 5 nitrogen and oxygen atoms in total. The average molecular weight is 357 g/mol. The molecule has 25 heavy (non-hydrogen) atoms. The van der Waals surface area contributed by atoms with E-state index in [4.69, 9.17) is 5.21 Å². The maximum atomic E-state index is 10.2. The monoisotopic (exact) mass is 357 g/mol. The third-order valence-corrected chi connectivity index (χ3v) is 3.71. The van der Waals surface area contributed by atoms with Crippen LogP contribution in [0.2, 0.25) is 0 Å². The minimum absolute atomic E-state index is 0.747. The quantitative estimate of drug-likeness (QED) is 0.146. The van der Waals surface area contributed by atoms with E-state index in [0.29, 0.717) is 0 Å². The van der Waals surface area contributed by atoms with Crippen molar-refractivity contribution in [2.75, 3.05) is 6.54 Å². The van der Waals surface area contributed by atoms with Crippen molar-refractivity contribution in [2.45, 2.75) is 13.0 Å². The zero-order valence-corrected chi connectivity index (χ0v) is 14.8. The van der Waals surface area contributed by atoms with Crippen LogP contribution in [0.1, 0.15) is 16.8 Å². The predicted molar refractivity (Wildman–Crippen MR) is 104 cm³/mol. The third kappa shape index (κ3) is 8.42. The Bertz CT molecular complexity index is 671. The van der Waals surface area contributed by atoms with Gasteiger partial charge in [-0.25, -0.2) is 5.90 Å². The van der Waals surface area contributed by atoms with E-state index in [2.05, 4.69) is 41.0 Å². The number of hydrogen-bond donors (Lipinski definition) is 4. The molecule has 0 amide bonds. The highest BCUT2D eigenvalue weighted by molar-refractivity contribution is 7.90. The first kappa shape index (κ1) is 20.8. The number of benzene rings is 1. The van der Waals surface area contributed by atoms with Gasteiger partial charge in [0.05, 0.1) is 0 Å². The third-order valence-electron chi connectivity index (χ3n) is 3.31. The molecule has 0 aliphatic carbocycles. The Balaban J connectivity index is 0.00000151. The topological polar surface area (TPSA) is 88.2 Å². The van der Waals surface area contributed by atoms with E-state index < -0.39 is 0 Å². The molecule has 0 bridgehead atoms. The second-order valence-electron chi connectivity index (χ2n) is 5.02. The van der Waals surface area contributed by atoms with Gasteiger partial charge in [0.15, 0.2) is 0 Å². The minimum Gasteiger partial charge on any atom is -0.320 e. The lowest BCUT2D eigenvalue weighted by Crippen LogP contribution is -2.17. The van der Waals surface area contributed by atoms with Gasteiger partial charge in [-0.3, -0.25) is 9.78 Å². The Kier molecular flexibility index (Phi) is 10.9. The van der Waals surface area contributed by atoms with Gasteiger partial charge in [0.25, 0.3) is 0 Å². The summed E-state index contributed by atoms with van der Waals surface area (Å²) in [5.41, 5.74) is 3.35. The number of aldehydes is 1. The van der Waals surface area contributed by atoms with E-state index in [1.165, 1.54) is 11.6 Å². The number of pyridine rings is 1. The predicted octanol–water partition coefficient (Wildman–Crippen LogP) is 2.77. The average Bonchev–Trinajstić information content (AvgIpc) is 2.68. The van der Waals surface area contributed by atoms with Crippen LogP contribution in [0.15, 0.2) is 66.9 Å². The first-order chi connectivity index (χ1) is 12.3. The lowest BCUT2D eigenvalue weighted by atomic mass is 10.1. The summed E-state index contributed by atoms with van der Waals surface area (Å²) >= 11 is 4.42. The van der Waals surface area contributed by atoms with Gasteiger partial charge in [-0.1, -0.05) is 36.4 Å². The highest BCUT2D eigenvalue weighted by atomic mass is 32.1. The molecule has 0 fully saturated rings. The van der Waals surface area contributed by atoms with Crippen molar-refractivity contribution in [1.82, 2.24) is 10.3 Å². The summed E-state index contributed by atoms with van der Waals surface area (Å²) in [5, 5.41) is 9.92. The van der Waals surface area contributed by atoms with E-state index in [0.717, 1.165) is 42.0 Å². The van der Waals surface area contributed by atoms with E-state index >= 15 is 0 Å². The second-order valence-corrected chi connectivity index (χ2v) is 5.50. The summed E-state index contributed by atoms with van der Waals surface area (Å²) in [5.74, 6) is 3.50. The molecule has 0 saturated heterocycles. The maximum absolute atomic E-state index is 10.2. The molecule has 2 aromatic rings. The molecule has 0 saturated carbocycles. The molecule has 1 aromatic heterocycles. The molecular weight excluding hydrogens is 334 g/mol. The van der Waals surface area contributed by atoms with Crippen LogP contribution in [-0.4, -0.2) is 23.0 Å². The fourth-order valence-electron chi connectivity index (χ4n) is 2.08. The van der Waals surface area contributed by atoms with Crippen LogP contribution in [0.25, 0.3) is 4.91 Å². The molecular formula is C19H23N3O2S. The number of carbonyl (C=O) groups is 1. The number of allylic oxidation sites excluding steroid dienone is 3. The number of hydrogen-bond acceptors (Lipinski definition) is 6. The molecule has 0 unspecified atom stereocenters. The van der Waals surface area contributed by atoms with Crippen LogP contribution in [-0.2, 0) is 17.8 Å². The van der Waals surface area contributed by atoms with Gasteiger partial charge in [0.2, 0.25) is 0 Å². The van der Waals surface area contributed by atoms with Crippen molar-refractivity contribution >= 4 is 23.8 Å². The number of nitrogens with one attached hydrogen (secondary N) is 1. The Morgan fingerprint density at radius 1 is 1.16 bits per heavy atom. The first-order valence-electron chi connectivity index (χ1n) is 7.76. The number of rotatable bonds is 8. The Hall–Kier alpha value is -2.25. The highest BCUT2D eigenvalue weighted by Gasteiger charge is 1.98. The molecule has 1 heterocycles. The summed E-state index contributed by atoms with van der Waals surface area (Å²) in [6.07, 6.45) is 8.42. The normalized spacial score (nSPS) is 11.1. The molecule has 1 aromatic carbocycles. The van der Waals surface area contributed by atoms with Crippen molar-refractivity contribution < 1.29 is 10.0 Å². The summed E-state index contributed by atoms with van der Waals surface area (Å²) in [4.78, 5) is 15.4. The van der Waals surface area contributed by atoms with Gasteiger partial charge in [0, 0.05) is 36.3 Å². The fourth-order valence-corrected chi connectivity index (χ4v) is 2.31. The van der Waals surface area contributed by atoms with E-state index in [1.54, 1.807) is 12.2 Å². The number of thiol groups is 1. The molecule has 0 atom stereocenters. The van der Waals surface area contributed by atoms with Crippen LogP contribution >= 0.6 is 12.6 Å². The van der Waals surface area contributed by atoms with Crippen LogP contribution < -0.4 is 11.2 Å². The second kappa shape index (κ2) is 13.1. The molecule has 0 radical (unpaired) electrons. The number of nitrogens with two attached hydrogens (primary N) is 1. The molecule has 0 aliphatic heterocycles. The lowest BCUT2D eigenvalue weighted by Gasteiger charge is -2.06. The van der Waals surface area contributed by atoms with E-state index in [-0.39, 0.29) is 0 Å². The van der Waals surface area contributed by atoms with Crippen molar-refractivity contribution in [3.05, 3.63) is 83.7 Å². The number of carbonyl (C=O) groups excluding carboxylic acids is 1. The number of nitrogens with zero attached hydrogens (tertiary/aromatic N) is 1. The largest absolute Gasteiger partial charge is 0.320 e. The van der Waals surface area contributed by atoms with Crippen molar-refractivity contribution in [3.8, 4) is 0 Å². The number of aromatic nitrogens is 1. The summed E-state index contributed by atoms with van der Waals surface area (Å²) in [6, 6.07) is 14.2. The van der Waals surface area contributed by atoms with E-state index in [9.17, 15) is 4.79 Å². The molecule has 6 heteroatoms. The Morgan fingerprint density at radius 2 is 1.92 bits per heavy atom. The molecule has 132 valence electrons. The molecule has 2 rings (SSSR count). The molecule has 0 aliphatic rings. The van der Waals surface area contributed by atoms with Crippen molar-refractivity contribution in [2.24, 2.45) is 5.90 Å². The summed E-state index contributed by atoms with van der Waals surface area (Å²) in [7, 11) is 0. The van der Waals surface area contributed by atoms with Gasteiger partial charge < -0.3 is 10.5 Å². The van der Waals surface area contributed by atoms with Crippen LogP contribution in [0.5, 0.6) is 0 Å². The smallest absolute Gasteiger partial charge is 0.142 e. The lowest BCUT2D eigenvalue weighted by molar-refractivity contribution is -0.104.